The second kappa shape index (κ2) is 4.87. The molecule has 0 radical (unpaired) electrons. The van der Waals surface area contributed by atoms with Crippen LogP contribution in [0.25, 0.3) is 0 Å². The number of fused-ring (bicyclic) bond motifs is 1. The molecule has 2 aromatic rings. The zero-order chi connectivity index (χ0) is 15.2. The van der Waals surface area contributed by atoms with E-state index < -0.39 is 4.92 Å². The van der Waals surface area contributed by atoms with Crippen molar-refractivity contribution in [1.82, 2.24) is 0 Å². The first-order valence-corrected chi connectivity index (χ1v) is 7.47. The second-order valence-electron chi connectivity index (χ2n) is 5.70. The van der Waals surface area contributed by atoms with Gasteiger partial charge in [0.15, 0.2) is 0 Å². The van der Waals surface area contributed by atoms with Gasteiger partial charge < -0.3 is 9.15 Å². The fraction of sp³-hybridized carbons (Fsp3) is 0.333. The van der Waals surface area contributed by atoms with Crippen LogP contribution in [-0.2, 0) is 6.42 Å². The number of benzene rings is 1. The van der Waals surface area contributed by atoms with E-state index in [9.17, 15) is 10.1 Å². The molecule has 1 aromatic heterocycles. The molecule has 1 aliphatic rings. The Bertz CT molecular complexity index is 707. The third-order valence-electron chi connectivity index (χ3n) is 3.42. The maximum atomic E-state index is 10.7. The average molecular weight is 352 g/mol. The monoisotopic (exact) mass is 351 g/mol. The van der Waals surface area contributed by atoms with Crippen LogP contribution in [0.2, 0.25) is 0 Å². The van der Waals surface area contributed by atoms with Gasteiger partial charge >= 0.3 is 5.88 Å². The van der Waals surface area contributed by atoms with Crippen molar-refractivity contribution in [3.8, 4) is 5.75 Å². The van der Waals surface area contributed by atoms with E-state index in [1.165, 1.54) is 6.07 Å². The summed E-state index contributed by atoms with van der Waals surface area (Å²) >= 11 is 3.54. The SMILES string of the molecule is CC1(C)Cc2cc(C(Br)c3ccc([N+](=O)[O-])o3)ccc2O1. The largest absolute Gasteiger partial charge is 0.487 e. The fourth-order valence-corrected chi connectivity index (χ4v) is 3.06. The van der Waals surface area contributed by atoms with Crippen molar-refractivity contribution in [1.29, 1.82) is 0 Å². The van der Waals surface area contributed by atoms with Gasteiger partial charge in [-0.25, -0.2) is 0 Å². The van der Waals surface area contributed by atoms with Gasteiger partial charge in [0, 0.05) is 6.42 Å². The van der Waals surface area contributed by atoms with Crippen LogP contribution in [0, 0.1) is 10.1 Å². The molecule has 0 aliphatic carbocycles. The summed E-state index contributed by atoms with van der Waals surface area (Å²) in [5.41, 5.74) is 1.94. The van der Waals surface area contributed by atoms with E-state index in [-0.39, 0.29) is 16.3 Å². The molecule has 1 aliphatic heterocycles. The first-order valence-electron chi connectivity index (χ1n) is 6.56. The lowest BCUT2D eigenvalue weighted by Gasteiger charge is -2.16. The van der Waals surface area contributed by atoms with E-state index in [0.717, 1.165) is 23.3 Å². The van der Waals surface area contributed by atoms with Crippen LogP contribution in [0.4, 0.5) is 5.88 Å². The van der Waals surface area contributed by atoms with Crippen LogP contribution in [0.5, 0.6) is 5.75 Å². The van der Waals surface area contributed by atoms with Crippen molar-refractivity contribution in [3.63, 3.8) is 0 Å². The Hall–Kier alpha value is -1.82. The second-order valence-corrected chi connectivity index (χ2v) is 6.62. The molecule has 2 heterocycles. The predicted octanol–water partition coefficient (Wildman–Crippen LogP) is 4.39. The van der Waals surface area contributed by atoms with Gasteiger partial charge in [-0.1, -0.05) is 28.1 Å². The van der Waals surface area contributed by atoms with Gasteiger partial charge in [-0.2, -0.15) is 0 Å². The molecule has 5 nitrogen and oxygen atoms in total. The molecular formula is C15H14BrNO4. The lowest BCUT2D eigenvalue weighted by atomic mass is 9.99. The summed E-state index contributed by atoms with van der Waals surface area (Å²) in [7, 11) is 0. The minimum atomic E-state index is -0.539. The normalized spacial score (nSPS) is 17.1. The van der Waals surface area contributed by atoms with Crippen molar-refractivity contribution in [2.45, 2.75) is 30.7 Å². The number of ether oxygens (including phenoxy) is 1. The summed E-state index contributed by atoms with van der Waals surface area (Å²) in [6.07, 6.45) is 0.841. The van der Waals surface area contributed by atoms with Gasteiger partial charge in [-0.15, -0.1) is 0 Å². The Morgan fingerprint density at radius 1 is 1.33 bits per heavy atom. The first kappa shape index (κ1) is 14.1. The van der Waals surface area contributed by atoms with Gasteiger partial charge in [0.05, 0.1) is 10.9 Å². The quantitative estimate of drug-likeness (QED) is 0.467. The number of hydrogen-bond acceptors (Lipinski definition) is 4. The maximum absolute atomic E-state index is 10.7. The van der Waals surface area contributed by atoms with Gasteiger partial charge in [0.25, 0.3) is 0 Å². The standard InChI is InChI=1S/C15H14BrNO4/c1-15(2)8-10-7-9(3-4-11(10)21-15)14(16)12-5-6-13(20-12)17(18)19/h3-7,14H,8H2,1-2H3. The highest BCUT2D eigenvalue weighted by Crippen LogP contribution is 2.40. The van der Waals surface area contributed by atoms with Crippen molar-refractivity contribution in [2.75, 3.05) is 0 Å². The molecular weight excluding hydrogens is 338 g/mol. The number of alkyl halides is 1. The van der Waals surface area contributed by atoms with Gasteiger partial charge in [0.1, 0.15) is 22.0 Å². The maximum Gasteiger partial charge on any atom is 0.433 e. The highest BCUT2D eigenvalue weighted by Gasteiger charge is 2.30. The number of rotatable bonds is 3. The first-order chi connectivity index (χ1) is 9.85. The summed E-state index contributed by atoms with van der Waals surface area (Å²) in [5, 5.41) is 10.7. The van der Waals surface area contributed by atoms with Crippen LogP contribution in [-0.4, -0.2) is 10.5 Å². The van der Waals surface area contributed by atoms with Crippen molar-refractivity contribution in [2.24, 2.45) is 0 Å². The molecule has 0 N–H and O–H groups in total. The van der Waals surface area contributed by atoms with Gasteiger partial charge in [-0.3, -0.25) is 10.1 Å². The van der Waals surface area contributed by atoms with Crippen molar-refractivity contribution < 1.29 is 14.1 Å². The molecule has 21 heavy (non-hydrogen) atoms. The molecule has 6 heteroatoms. The number of nitro groups is 1. The summed E-state index contributed by atoms with van der Waals surface area (Å²) in [4.78, 5) is 9.92. The van der Waals surface area contributed by atoms with E-state index >= 15 is 0 Å². The number of halogens is 1. The Labute approximate surface area is 130 Å². The molecule has 0 saturated carbocycles. The zero-order valence-corrected chi connectivity index (χ0v) is 13.2. The highest BCUT2D eigenvalue weighted by molar-refractivity contribution is 9.09. The summed E-state index contributed by atoms with van der Waals surface area (Å²) in [6, 6.07) is 8.91. The molecule has 0 amide bonds. The van der Waals surface area contributed by atoms with Gasteiger partial charge in [-0.05, 0) is 37.1 Å². The van der Waals surface area contributed by atoms with E-state index in [2.05, 4.69) is 22.0 Å². The Kier molecular flexibility index (Phi) is 3.28. The van der Waals surface area contributed by atoms with E-state index in [0.29, 0.717) is 5.76 Å². The predicted molar refractivity (Wildman–Crippen MR) is 81.0 cm³/mol. The lowest BCUT2D eigenvalue weighted by molar-refractivity contribution is -0.402. The average Bonchev–Trinajstić information content (AvgIpc) is 2.99. The van der Waals surface area contributed by atoms with E-state index in [1.807, 2.05) is 26.0 Å². The number of hydrogen-bond donors (Lipinski definition) is 0. The van der Waals surface area contributed by atoms with Crippen LogP contribution < -0.4 is 4.74 Å². The summed E-state index contributed by atoms with van der Waals surface area (Å²) in [6.45, 7) is 4.10. The fourth-order valence-electron chi connectivity index (χ4n) is 2.53. The lowest BCUT2D eigenvalue weighted by Crippen LogP contribution is -2.24. The summed E-state index contributed by atoms with van der Waals surface area (Å²) in [5.74, 6) is 1.16. The topological polar surface area (TPSA) is 65.5 Å². The van der Waals surface area contributed by atoms with Gasteiger partial charge in [0.2, 0.25) is 0 Å². The highest BCUT2D eigenvalue weighted by atomic mass is 79.9. The van der Waals surface area contributed by atoms with Crippen LogP contribution in [0.15, 0.2) is 34.7 Å². The van der Waals surface area contributed by atoms with Crippen LogP contribution in [0.3, 0.4) is 0 Å². The molecule has 3 rings (SSSR count). The minimum Gasteiger partial charge on any atom is -0.487 e. The molecule has 1 aromatic carbocycles. The Morgan fingerprint density at radius 3 is 2.76 bits per heavy atom. The zero-order valence-electron chi connectivity index (χ0n) is 11.6. The third-order valence-corrected chi connectivity index (χ3v) is 4.40. The van der Waals surface area contributed by atoms with Crippen LogP contribution in [0.1, 0.15) is 35.6 Å². The number of nitrogens with zero attached hydrogens (tertiary/aromatic N) is 1. The summed E-state index contributed by atoms with van der Waals surface area (Å²) < 4.78 is 11.1. The third kappa shape index (κ3) is 2.68. The Morgan fingerprint density at radius 2 is 2.10 bits per heavy atom. The molecule has 1 atom stereocenters. The van der Waals surface area contributed by atoms with Crippen LogP contribution >= 0.6 is 15.9 Å². The molecule has 0 bridgehead atoms. The van der Waals surface area contributed by atoms with Crippen molar-refractivity contribution in [3.05, 3.63) is 57.3 Å². The minimum absolute atomic E-state index is 0.188. The van der Waals surface area contributed by atoms with E-state index in [4.69, 9.17) is 9.15 Å². The van der Waals surface area contributed by atoms with Crippen molar-refractivity contribution >= 4 is 21.8 Å². The smallest absolute Gasteiger partial charge is 0.433 e. The molecule has 0 saturated heterocycles. The molecule has 110 valence electrons. The molecule has 1 unspecified atom stereocenters. The molecule has 0 spiro atoms. The Balaban J connectivity index is 1.89. The number of furan rings is 1. The van der Waals surface area contributed by atoms with E-state index in [1.54, 1.807) is 6.07 Å². The molecule has 0 fully saturated rings.